The van der Waals surface area contributed by atoms with Crippen LogP contribution in [-0.4, -0.2) is 34.1 Å². The van der Waals surface area contributed by atoms with Crippen molar-refractivity contribution in [3.63, 3.8) is 0 Å². The molecule has 0 aliphatic rings. The number of hydrogen-bond acceptors (Lipinski definition) is 4. The van der Waals surface area contributed by atoms with Gasteiger partial charge in [0.15, 0.2) is 17.5 Å². The summed E-state index contributed by atoms with van der Waals surface area (Å²) in [6.45, 7) is 7.27. The summed E-state index contributed by atoms with van der Waals surface area (Å²) in [6.07, 6.45) is 0.885. The van der Waals surface area contributed by atoms with Gasteiger partial charge in [-0.3, -0.25) is 4.79 Å². The minimum Gasteiger partial charge on any atom is -0.478 e. The Bertz CT molecular complexity index is 512. The lowest BCUT2D eigenvalue weighted by molar-refractivity contribution is -0.128. The quantitative estimate of drug-likeness (QED) is 0.804. The van der Waals surface area contributed by atoms with Crippen molar-refractivity contribution in [1.82, 2.24) is 10.3 Å². The van der Waals surface area contributed by atoms with Crippen molar-refractivity contribution in [2.75, 3.05) is 0 Å². The smallest absolute Gasteiger partial charge is 0.358 e. The average molecular weight is 294 g/mol. The number of pyridine rings is 1. The number of ether oxygens (including phenoxy) is 1. The highest BCUT2D eigenvalue weighted by molar-refractivity contribution is 5.89. The van der Waals surface area contributed by atoms with Crippen LogP contribution in [-0.2, 0) is 4.79 Å². The highest BCUT2D eigenvalue weighted by atomic mass is 16.5. The molecule has 0 spiro atoms. The molecule has 6 heteroatoms. The van der Waals surface area contributed by atoms with Crippen LogP contribution in [0.5, 0.6) is 5.75 Å². The van der Waals surface area contributed by atoms with Gasteiger partial charge in [0.05, 0.1) is 0 Å². The number of carboxylic acid groups (broad SMARTS) is 1. The fourth-order valence-electron chi connectivity index (χ4n) is 1.85. The lowest BCUT2D eigenvalue weighted by atomic mass is 10.1. The minimum atomic E-state index is -1.18. The van der Waals surface area contributed by atoms with Gasteiger partial charge in [0.25, 0.3) is 5.91 Å². The number of carboxylic acids is 1. The summed E-state index contributed by atoms with van der Waals surface area (Å²) in [5, 5.41) is 12.0. The monoisotopic (exact) mass is 294 g/mol. The van der Waals surface area contributed by atoms with Gasteiger partial charge in [-0.1, -0.05) is 13.8 Å². The van der Waals surface area contributed by atoms with Crippen LogP contribution in [0.25, 0.3) is 0 Å². The summed E-state index contributed by atoms with van der Waals surface area (Å²) in [5.41, 5.74) is 0.395. The zero-order valence-electron chi connectivity index (χ0n) is 12.8. The second kappa shape index (κ2) is 7.61. The van der Waals surface area contributed by atoms with E-state index < -0.39 is 12.1 Å². The Balaban J connectivity index is 2.81. The normalized spacial score (nSPS) is 12.0. The van der Waals surface area contributed by atoms with Gasteiger partial charge in [0.2, 0.25) is 0 Å². The molecular weight excluding hydrogens is 272 g/mol. The van der Waals surface area contributed by atoms with Crippen molar-refractivity contribution in [1.29, 1.82) is 0 Å². The highest BCUT2D eigenvalue weighted by Crippen LogP contribution is 2.18. The van der Waals surface area contributed by atoms with Crippen LogP contribution < -0.4 is 10.1 Å². The third kappa shape index (κ3) is 4.73. The van der Waals surface area contributed by atoms with Gasteiger partial charge >= 0.3 is 5.97 Å². The fraction of sp³-hybridized carbons (Fsp3) is 0.533. The summed E-state index contributed by atoms with van der Waals surface area (Å²) in [5.74, 6) is -1.35. The van der Waals surface area contributed by atoms with E-state index in [4.69, 9.17) is 9.84 Å². The second-order valence-electron chi connectivity index (χ2n) is 4.89. The summed E-state index contributed by atoms with van der Waals surface area (Å²) in [4.78, 5) is 27.1. The van der Waals surface area contributed by atoms with Crippen LogP contribution in [0, 0.1) is 6.92 Å². The molecule has 116 valence electrons. The van der Waals surface area contributed by atoms with E-state index in [1.165, 1.54) is 6.07 Å². The summed E-state index contributed by atoms with van der Waals surface area (Å²) >= 11 is 0. The molecule has 0 aliphatic heterocycles. The third-order valence-electron chi connectivity index (χ3n) is 3.20. The molecule has 1 unspecified atom stereocenters. The van der Waals surface area contributed by atoms with Gasteiger partial charge in [-0.15, -0.1) is 0 Å². The van der Waals surface area contributed by atoms with Gasteiger partial charge in [-0.25, -0.2) is 9.78 Å². The van der Waals surface area contributed by atoms with Crippen LogP contribution >= 0.6 is 0 Å². The predicted octanol–water partition coefficient (Wildman–Crippen LogP) is 2.16. The number of hydrogen-bond donors (Lipinski definition) is 2. The van der Waals surface area contributed by atoms with Crippen molar-refractivity contribution in [3.8, 4) is 5.75 Å². The second-order valence-corrected chi connectivity index (χ2v) is 4.89. The van der Waals surface area contributed by atoms with Crippen LogP contribution in [0.15, 0.2) is 12.1 Å². The van der Waals surface area contributed by atoms with Gasteiger partial charge in [0.1, 0.15) is 0 Å². The van der Waals surface area contributed by atoms with Crippen LogP contribution in [0.4, 0.5) is 0 Å². The largest absolute Gasteiger partial charge is 0.478 e. The van der Waals surface area contributed by atoms with E-state index in [1.54, 1.807) is 19.9 Å². The zero-order valence-corrected chi connectivity index (χ0v) is 12.8. The number of amides is 1. The number of carbonyl (C=O) groups excluding carboxylic acids is 1. The van der Waals surface area contributed by atoms with Crippen molar-refractivity contribution in [2.45, 2.75) is 52.7 Å². The van der Waals surface area contributed by atoms with Crippen LogP contribution in [0.2, 0.25) is 0 Å². The first-order chi connectivity index (χ1) is 9.88. The molecule has 6 nitrogen and oxygen atoms in total. The summed E-state index contributed by atoms with van der Waals surface area (Å²) < 4.78 is 5.46. The van der Waals surface area contributed by atoms with E-state index in [0.29, 0.717) is 5.69 Å². The van der Waals surface area contributed by atoms with E-state index in [9.17, 15) is 9.59 Å². The molecule has 1 heterocycles. The predicted molar refractivity (Wildman–Crippen MR) is 78.5 cm³/mol. The molecule has 1 amide bonds. The molecule has 2 N–H and O–H groups in total. The number of aromatic nitrogens is 1. The molecule has 0 fully saturated rings. The molecule has 21 heavy (non-hydrogen) atoms. The summed E-state index contributed by atoms with van der Waals surface area (Å²) in [7, 11) is 0. The Morgan fingerprint density at radius 3 is 2.48 bits per heavy atom. The van der Waals surface area contributed by atoms with Crippen LogP contribution in [0.3, 0.4) is 0 Å². The number of rotatable bonds is 7. The molecular formula is C15H22N2O4. The maximum Gasteiger partial charge on any atom is 0.358 e. The van der Waals surface area contributed by atoms with Gasteiger partial charge in [-0.05, 0) is 38.8 Å². The molecule has 1 aromatic heterocycles. The minimum absolute atomic E-state index is 0.0960. The molecule has 0 saturated carbocycles. The SMILES string of the molecule is CCC(CC)NC(=O)C(C)Oc1ccc(C)nc1C(=O)O. The fourth-order valence-corrected chi connectivity index (χ4v) is 1.85. The number of nitrogens with one attached hydrogen (secondary N) is 1. The Morgan fingerprint density at radius 2 is 1.95 bits per heavy atom. The lowest BCUT2D eigenvalue weighted by Crippen LogP contribution is -2.42. The third-order valence-corrected chi connectivity index (χ3v) is 3.20. The van der Waals surface area contributed by atoms with Crippen LogP contribution in [0.1, 0.15) is 49.8 Å². The Hall–Kier alpha value is -2.11. The van der Waals surface area contributed by atoms with Crippen molar-refractivity contribution >= 4 is 11.9 Å². The molecule has 1 rings (SSSR count). The number of nitrogens with zero attached hydrogens (tertiary/aromatic N) is 1. The Kier molecular flexibility index (Phi) is 6.14. The number of carbonyl (C=O) groups is 2. The number of aryl methyl sites for hydroxylation is 1. The van der Waals surface area contributed by atoms with Crippen molar-refractivity contribution in [3.05, 3.63) is 23.5 Å². The van der Waals surface area contributed by atoms with E-state index in [0.717, 1.165) is 12.8 Å². The van der Waals surface area contributed by atoms with Crippen molar-refractivity contribution in [2.24, 2.45) is 0 Å². The molecule has 0 aromatic carbocycles. The Labute approximate surface area is 124 Å². The van der Waals surface area contributed by atoms with Gasteiger partial charge in [-0.2, -0.15) is 0 Å². The first kappa shape index (κ1) is 16.9. The van der Waals surface area contributed by atoms with E-state index in [2.05, 4.69) is 10.3 Å². The molecule has 0 bridgehead atoms. The van der Waals surface area contributed by atoms with Gasteiger partial charge < -0.3 is 15.2 Å². The Morgan fingerprint density at radius 1 is 1.33 bits per heavy atom. The van der Waals surface area contributed by atoms with E-state index >= 15 is 0 Å². The standard InChI is InChI=1S/C15H22N2O4/c1-5-11(6-2)17-14(18)10(4)21-12-8-7-9(3)16-13(12)15(19)20/h7-8,10-11H,5-6H2,1-4H3,(H,17,18)(H,19,20). The highest BCUT2D eigenvalue weighted by Gasteiger charge is 2.21. The van der Waals surface area contributed by atoms with E-state index in [-0.39, 0.29) is 23.4 Å². The lowest BCUT2D eigenvalue weighted by Gasteiger charge is -2.20. The average Bonchev–Trinajstić information content (AvgIpc) is 2.45. The maximum atomic E-state index is 12.0. The molecule has 1 aromatic rings. The maximum absolute atomic E-state index is 12.0. The van der Waals surface area contributed by atoms with Gasteiger partial charge in [0, 0.05) is 11.7 Å². The summed E-state index contributed by atoms with van der Waals surface area (Å²) in [6, 6.07) is 3.26. The molecule has 1 atom stereocenters. The first-order valence-electron chi connectivity index (χ1n) is 7.06. The molecule has 0 radical (unpaired) electrons. The molecule has 0 saturated heterocycles. The van der Waals surface area contributed by atoms with E-state index in [1.807, 2.05) is 13.8 Å². The zero-order chi connectivity index (χ0) is 16.0. The first-order valence-corrected chi connectivity index (χ1v) is 7.06. The topological polar surface area (TPSA) is 88.5 Å². The number of aromatic carboxylic acids is 1. The molecule has 0 aliphatic carbocycles. The van der Waals surface area contributed by atoms with Crippen molar-refractivity contribution < 1.29 is 19.4 Å².